The summed E-state index contributed by atoms with van der Waals surface area (Å²) < 4.78 is 18.6. The predicted molar refractivity (Wildman–Crippen MR) is 118 cm³/mol. The smallest absolute Gasteiger partial charge is 0.156 e. The van der Waals surface area contributed by atoms with Gasteiger partial charge in [-0.05, 0) is 37.1 Å². The minimum atomic E-state index is -0.232. The summed E-state index contributed by atoms with van der Waals surface area (Å²) >= 11 is 0. The maximum absolute atomic E-state index is 13.4. The molecule has 0 amide bonds. The lowest BCUT2D eigenvalue weighted by Gasteiger charge is -2.32. The number of hydrogen-bond acceptors (Lipinski definition) is 5. The summed E-state index contributed by atoms with van der Waals surface area (Å²) in [5.74, 6) is 1.68. The molecule has 1 aromatic carbocycles. The molecule has 1 aliphatic carbocycles. The number of benzene rings is 1. The van der Waals surface area contributed by atoms with Crippen molar-refractivity contribution in [1.29, 1.82) is 0 Å². The van der Waals surface area contributed by atoms with Crippen LogP contribution >= 0.6 is 24.8 Å². The van der Waals surface area contributed by atoms with Gasteiger partial charge in [-0.1, -0.05) is 0 Å². The third kappa shape index (κ3) is 5.17. The minimum absolute atomic E-state index is 0. The van der Waals surface area contributed by atoms with Crippen molar-refractivity contribution in [1.82, 2.24) is 15.0 Å². The van der Waals surface area contributed by atoms with Crippen LogP contribution in [0.5, 0.6) is 0 Å². The molecule has 1 aliphatic rings. The zero-order valence-electron chi connectivity index (χ0n) is 16.4. The molecular weight excluding hydrogens is 416 g/mol. The number of nitrogens with one attached hydrogen (secondary N) is 1. The Kier molecular flexibility index (Phi) is 7.82. The lowest BCUT2D eigenvalue weighted by Crippen LogP contribution is -2.35. The van der Waals surface area contributed by atoms with Gasteiger partial charge in [-0.2, -0.15) is 0 Å². The van der Waals surface area contributed by atoms with Crippen LogP contribution < -0.4 is 10.6 Å². The quantitative estimate of drug-likeness (QED) is 0.605. The first-order chi connectivity index (χ1) is 13.0. The number of aromatic amines is 1. The van der Waals surface area contributed by atoms with Crippen molar-refractivity contribution in [2.24, 2.45) is 5.73 Å². The zero-order valence-corrected chi connectivity index (χ0v) is 18.0. The van der Waals surface area contributed by atoms with E-state index in [0.717, 1.165) is 41.0 Å². The van der Waals surface area contributed by atoms with Gasteiger partial charge in [0.1, 0.15) is 18.2 Å². The van der Waals surface area contributed by atoms with Crippen LogP contribution in [0, 0.1) is 5.82 Å². The van der Waals surface area contributed by atoms with Crippen LogP contribution in [0.4, 0.5) is 10.2 Å². The molecule has 0 bridgehead atoms. The van der Waals surface area contributed by atoms with E-state index in [2.05, 4.69) is 19.9 Å². The van der Waals surface area contributed by atoms with Crippen LogP contribution in [0.2, 0.25) is 0 Å². The van der Waals surface area contributed by atoms with Crippen molar-refractivity contribution in [2.75, 3.05) is 19.1 Å². The lowest BCUT2D eigenvalue weighted by molar-refractivity contribution is 0.177. The molecule has 1 fully saturated rings. The van der Waals surface area contributed by atoms with E-state index in [9.17, 15) is 4.39 Å². The molecule has 0 aliphatic heterocycles. The van der Waals surface area contributed by atoms with Crippen molar-refractivity contribution in [3.8, 4) is 0 Å². The number of hydrogen-bond donors (Lipinski definition) is 2. The van der Waals surface area contributed by atoms with Crippen LogP contribution in [-0.4, -0.2) is 35.2 Å². The van der Waals surface area contributed by atoms with Crippen molar-refractivity contribution in [3.63, 3.8) is 0 Å². The Hall–Kier alpha value is -1.93. The zero-order chi connectivity index (χ0) is 19.0. The van der Waals surface area contributed by atoms with Gasteiger partial charge >= 0.3 is 0 Å². The molecule has 6 nitrogen and oxygen atoms in total. The molecule has 3 aromatic rings. The second-order valence-corrected chi connectivity index (χ2v) is 7.31. The molecule has 9 heteroatoms. The Morgan fingerprint density at radius 2 is 1.97 bits per heavy atom. The van der Waals surface area contributed by atoms with E-state index in [1.165, 1.54) is 12.1 Å². The van der Waals surface area contributed by atoms with E-state index < -0.39 is 0 Å². The highest BCUT2D eigenvalue weighted by Gasteiger charge is 2.29. The predicted octanol–water partition coefficient (Wildman–Crippen LogP) is 3.93. The average molecular weight is 442 g/mol. The van der Waals surface area contributed by atoms with E-state index in [1.54, 1.807) is 13.2 Å². The van der Waals surface area contributed by atoms with Crippen LogP contribution in [0.15, 0.2) is 30.3 Å². The van der Waals surface area contributed by atoms with Crippen molar-refractivity contribution >= 4 is 41.5 Å². The first-order valence-corrected chi connectivity index (χ1v) is 9.12. The number of H-pyrrole nitrogens is 1. The number of methoxy groups -OCH3 is 1. The summed E-state index contributed by atoms with van der Waals surface area (Å²) in [5, 5.41) is 0.866. The molecule has 0 unspecified atom stereocenters. The number of anilines is 1. The lowest BCUT2D eigenvalue weighted by atomic mass is 9.78. The van der Waals surface area contributed by atoms with Gasteiger partial charge in [0.05, 0.1) is 6.54 Å². The number of rotatable bonds is 6. The fourth-order valence-electron chi connectivity index (χ4n) is 3.59. The first-order valence-electron chi connectivity index (χ1n) is 9.12. The molecular formula is C20H26Cl2FN5O. The van der Waals surface area contributed by atoms with Crippen LogP contribution in [0.25, 0.3) is 10.9 Å². The number of nitrogens with zero attached hydrogens (tertiary/aromatic N) is 3. The fourth-order valence-corrected chi connectivity index (χ4v) is 3.59. The highest BCUT2D eigenvalue weighted by Crippen LogP contribution is 2.35. The van der Waals surface area contributed by atoms with Gasteiger partial charge < -0.3 is 20.4 Å². The summed E-state index contributed by atoms with van der Waals surface area (Å²) in [7, 11) is 3.63. The SMILES string of the molecule is COCc1nc(C2CC(N)C2)cc(N(C)Cc2cc3cc(F)ccc3[nH]2)n1.Cl.Cl. The number of nitrogens with two attached hydrogens (primary N) is 1. The third-order valence-corrected chi connectivity index (χ3v) is 5.08. The van der Waals surface area contributed by atoms with Crippen LogP contribution in [0.3, 0.4) is 0 Å². The van der Waals surface area contributed by atoms with Crippen molar-refractivity contribution in [2.45, 2.75) is 38.0 Å². The molecule has 0 spiro atoms. The van der Waals surface area contributed by atoms with Gasteiger partial charge in [0.15, 0.2) is 5.82 Å². The number of fused-ring (bicyclic) bond motifs is 1. The summed E-state index contributed by atoms with van der Waals surface area (Å²) in [6.45, 7) is 1.00. The molecule has 2 heterocycles. The monoisotopic (exact) mass is 441 g/mol. The normalized spacial score (nSPS) is 17.9. The van der Waals surface area contributed by atoms with Crippen LogP contribution in [-0.2, 0) is 17.9 Å². The Morgan fingerprint density at radius 1 is 1.21 bits per heavy atom. The Labute approximate surface area is 181 Å². The summed E-state index contributed by atoms with van der Waals surface area (Å²) in [6, 6.07) is 9.03. The maximum Gasteiger partial charge on any atom is 0.156 e. The van der Waals surface area contributed by atoms with Crippen LogP contribution in [0.1, 0.15) is 36.0 Å². The Bertz CT molecular complexity index is 961. The van der Waals surface area contributed by atoms with Gasteiger partial charge in [0.2, 0.25) is 0 Å². The standard InChI is InChI=1S/C20H24FN5O.2ClH/c1-26(10-16-8-12-5-14(21)3-4-17(12)23-16)20-9-18(13-6-15(22)7-13)24-19(25-20)11-27-2;;/h3-5,8-9,13,15,23H,6-7,10-11,22H2,1-2H3;2*1H. The molecule has 0 atom stereocenters. The first kappa shape index (κ1) is 23.3. The highest BCUT2D eigenvalue weighted by atomic mass is 35.5. The van der Waals surface area contributed by atoms with E-state index in [4.69, 9.17) is 10.5 Å². The molecule has 2 aromatic heterocycles. The second-order valence-electron chi connectivity index (χ2n) is 7.31. The number of ether oxygens (including phenoxy) is 1. The average Bonchev–Trinajstić information content (AvgIpc) is 3.00. The van der Waals surface area contributed by atoms with E-state index in [0.29, 0.717) is 24.9 Å². The third-order valence-electron chi connectivity index (χ3n) is 5.08. The van der Waals surface area contributed by atoms with Gasteiger partial charge in [0, 0.05) is 54.5 Å². The molecule has 0 saturated heterocycles. The van der Waals surface area contributed by atoms with Gasteiger partial charge in [0.25, 0.3) is 0 Å². The molecule has 3 N–H and O–H groups in total. The van der Waals surface area contributed by atoms with E-state index in [-0.39, 0.29) is 36.7 Å². The van der Waals surface area contributed by atoms with E-state index in [1.807, 2.05) is 19.2 Å². The molecule has 4 rings (SSSR count). The minimum Gasteiger partial charge on any atom is -0.377 e. The number of aromatic nitrogens is 3. The van der Waals surface area contributed by atoms with Gasteiger partial charge in [-0.3, -0.25) is 0 Å². The Balaban J connectivity index is 0.00000150. The topological polar surface area (TPSA) is 80.1 Å². The molecule has 1 saturated carbocycles. The van der Waals surface area contributed by atoms with E-state index >= 15 is 0 Å². The van der Waals surface area contributed by atoms with Crippen molar-refractivity contribution < 1.29 is 9.13 Å². The summed E-state index contributed by atoms with van der Waals surface area (Å²) in [4.78, 5) is 14.7. The maximum atomic E-state index is 13.4. The highest BCUT2D eigenvalue weighted by molar-refractivity contribution is 5.85. The fraction of sp³-hybridized carbons (Fsp3) is 0.400. The molecule has 158 valence electrons. The number of halogens is 3. The largest absolute Gasteiger partial charge is 0.377 e. The summed E-state index contributed by atoms with van der Waals surface area (Å²) in [5.41, 5.74) is 8.89. The molecule has 29 heavy (non-hydrogen) atoms. The molecule has 0 radical (unpaired) electrons. The second kappa shape index (κ2) is 9.71. The summed E-state index contributed by atoms with van der Waals surface area (Å²) in [6.07, 6.45) is 1.92. The van der Waals surface area contributed by atoms with Crippen molar-refractivity contribution in [3.05, 3.63) is 53.4 Å². The Morgan fingerprint density at radius 3 is 2.66 bits per heavy atom. The van der Waals surface area contributed by atoms with Gasteiger partial charge in [-0.15, -0.1) is 24.8 Å². The van der Waals surface area contributed by atoms with Gasteiger partial charge in [-0.25, -0.2) is 14.4 Å².